The maximum Gasteiger partial charge on any atom is 0.306 e. The SMILES string of the molecule is CCCCCCCCCCCCCCCCCCCCCC(=O)O[C@H](COC(=O)CCCCCCCCC)COC(=O)CCCCCCCCCCCCCCCCCCC. The first-order chi connectivity index (χ1) is 30.0. The normalized spacial score (nSPS) is 11.9. The van der Waals surface area contributed by atoms with Gasteiger partial charge >= 0.3 is 17.9 Å². The first-order valence-electron chi connectivity index (χ1n) is 27.5. The summed E-state index contributed by atoms with van der Waals surface area (Å²) in [5, 5.41) is 0. The molecule has 0 aliphatic rings. The van der Waals surface area contributed by atoms with Crippen molar-refractivity contribution >= 4 is 17.9 Å². The van der Waals surface area contributed by atoms with Gasteiger partial charge in [0.2, 0.25) is 0 Å². The summed E-state index contributed by atoms with van der Waals surface area (Å²) in [6, 6.07) is 0. The van der Waals surface area contributed by atoms with Gasteiger partial charge in [0, 0.05) is 19.3 Å². The number of hydrogen-bond acceptors (Lipinski definition) is 6. The third-order valence-corrected chi connectivity index (χ3v) is 12.6. The lowest BCUT2D eigenvalue weighted by molar-refractivity contribution is -0.167. The molecule has 6 nitrogen and oxygen atoms in total. The molecule has 61 heavy (non-hydrogen) atoms. The fourth-order valence-corrected chi connectivity index (χ4v) is 8.45. The van der Waals surface area contributed by atoms with Crippen molar-refractivity contribution < 1.29 is 28.6 Å². The van der Waals surface area contributed by atoms with Gasteiger partial charge in [-0.3, -0.25) is 14.4 Å². The molecule has 0 aromatic rings. The van der Waals surface area contributed by atoms with E-state index in [2.05, 4.69) is 20.8 Å². The van der Waals surface area contributed by atoms with Gasteiger partial charge in [-0.05, 0) is 19.3 Å². The summed E-state index contributed by atoms with van der Waals surface area (Å²) in [7, 11) is 0. The summed E-state index contributed by atoms with van der Waals surface area (Å²) < 4.78 is 16.8. The van der Waals surface area contributed by atoms with Crippen molar-refractivity contribution in [2.45, 2.75) is 322 Å². The van der Waals surface area contributed by atoms with E-state index in [0.717, 1.165) is 57.8 Å². The number of carbonyl (C=O) groups is 3. The average Bonchev–Trinajstić information content (AvgIpc) is 3.26. The highest BCUT2D eigenvalue weighted by atomic mass is 16.6. The Kier molecular flexibility index (Phi) is 49.7. The first kappa shape index (κ1) is 59.4. The molecular weight excluding hydrogens is 757 g/mol. The van der Waals surface area contributed by atoms with Crippen molar-refractivity contribution in [1.82, 2.24) is 0 Å². The van der Waals surface area contributed by atoms with Gasteiger partial charge in [-0.2, -0.15) is 0 Å². The highest BCUT2D eigenvalue weighted by Crippen LogP contribution is 2.17. The van der Waals surface area contributed by atoms with Gasteiger partial charge in [-0.15, -0.1) is 0 Å². The van der Waals surface area contributed by atoms with E-state index in [0.29, 0.717) is 19.3 Å². The molecule has 6 heteroatoms. The van der Waals surface area contributed by atoms with Crippen molar-refractivity contribution in [3.63, 3.8) is 0 Å². The average molecular weight is 863 g/mol. The van der Waals surface area contributed by atoms with E-state index in [1.807, 2.05) is 0 Å². The lowest BCUT2D eigenvalue weighted by Gasteiger charge is -2.18. The van der Waals surface area contributed by atoms with E-state index < -0.39 is 6.10 Å². The van der Waals surface area contributed by atoms with Crippen LogP contribution in [-0.2, 0) is 28.6 Å². The number of ether oxygens (including phenoxy) is 3. The van der Waals surface area contributed by atoms with Crippen molar-refractivity contribution in [3.05, 3.63) is 0 Å². The highest BCUT2D eigenvalue weighted by Gasteiger charge is 2.19. The number of unbranched alkanes of at least 4 members (excludes halogenated alkanes) is 40. The second-order valence-electron chi connectivity index (χ2n) is 18.9. The summed E-state index contributed by atoms with van der Waals surface area (Å²) in [5.41, 5.74) is 0. The van der Waals surface area contributed by atoms with Crippen LogP contribution in [0.5, 0.6) is 0 Å². The summed E-state index contributed by atoms with van der Waals surface area (Å²) >= 11 is 0. The number of esters is 3. The molecule has 0 heterocycles. The smallest absolute Gasteiger partial charge is 0.306 e. The molecule has 0 unspecified atom stereocenters. The summed E-state index contributed by atoms with van der Waals surface area (Å²) in [4.78, 5) is 37.9. The lowest BCUT2D eigenvalue weighted by atomic mass is 10.0. The topological polar surface area (TPSA) is 78.9 Å². The van der Waals surface area contributed by atoms with Crippen LogP contribution in [0.25, 0.3) is 0 Å². The molecule has 0 aliphatic carbocycles. The standard InChI is InChI=1S/C55H106O6/c1-4-7-10-13-16-18-20-22-24-26-27-29-31-33-35-37-40-43-46-49-55(58)61-52(50-59-53(56)47-44-41-38-15-12-9-6-3)51-60-54(57)48-45-42-39-36-34-32-30-28-25-23-21-19-17-14-11-8-5-2/h52H,4-51H2,1-3H3/t52-/m1/s1. The number of hydrogen-bond donors (Lipinski definition) is 0. The van der Waals surface area contributed by atoms with Crippen LogP contribution in [0.1, 0.15) is 316 Å². The third kappa shape index (κ3) is 49.3. The molecule has 0 N–H and O–H groups in total. The monoisotopic (exact) mass is 863 g/mol. The third-order valence-electron chi connectivity index (χ3n) is 12.6. The number of carbonyl (C=O) groups excluding carboxylic acids is 3. The Labute approximate surface area is 380 Å². The Hall–Kier alpha value is -1.59. The Morgan fingerprint density at radius 1 is 0.262 bits per heavy atom. The van der Waals surface area contributed by atoms with Gasteiger partial charge in [-0.25, -0.2) is 0 Å². The van der Waals surface area contributed by atoms with Crippen molar-refractivity contribution in [2.24, 2.45) is 0 Å². The van der Waals surface area contributed by atoms with Crippen LogP contribution in [0.2, 0.25) is 0 Å². The molecule has 0 aromatic carbocycles. The molecule has 0 bridgehead atoms. The van der Waals surface area contributed by atoms with Gasteiger partial charge in [-0.1, -0.05) is 278 Å². The van der Waals surface area contributed by atoms with E-state index in [1.54, 1.807) is 0 Å². The predicted octanol–water partition coefficient (Wildman–Crippen LogP) is 18.0. The van der Waals surface area contributed by atoms with E-state index in [-0.39, 0.29) is 31.1 Å². The van der Waals surface area contributed by atoms with Crippen LogP contribution in [0.15, 0.2) is 0 Å². The van der Waals surface area contributed by atoms with Crippen molar-refractivity contribution in [2.75, 3.05) is 13.2 Å². The van der Waals surface area contributed by atoms with E-state index in [9.17, 15) is 14.4 Å². The van der Waals surface area contributed by atoms with Gasteiger partial charge < -0.3 is 14.2 Å². The molecule has 0 fully saturated rings. The molecule has 0 rings (SSSR count). The Morgan fingerprint density at radius 3 is 0.656 bits per heavy atom. The molecule has 0 aromatic heterocycles. The van der Waals surface area contributed by atoms with Crippen molar-refractivity contribution in [1.29, 1.82) is 0 Å². The maximum atomic E-state index is 12.8. The predicted molar refractivity (Wildman–Crippen MR) is 261 cm³/mol. The van der Waals surface area contributed by atoms with E-state index in [4.69, 9.17) is 14.2 Å². The van der Waals surface area contributed by atoms with E-state index in [1.165, 1.54) is 218 Å². The van der Waals surface area contributed by atoms with E-state index >= 15 is 0 Å². The minimum atomic E-state index is -0.759. The maximum absolute atomic E-state index is 12.8. The van der Waals surface area contributed by atoms with Gasteiger partial charge in [0.15, 0.2) is 6.10 Å². The summed E-state index contributed by atoms with van der Waals surface area (Å²) in [5.74, 6) is -0.845. The minimum absolute atomic E-state index is 0.0621. The molecule has 0 amide bonds. The van der Waals surface area contributed by atoms with Crippen LogP contribution < -0.4 is 0 Å². The van der Waals surface area contributed by atoms with Crippen LogP contribution in [-0.4, -0.2) is 37.2 Å². The Bertz CT molecular complexity index is 905. The molecule has 0 saturated carbocycles. The summed E-state index contributed by atoms with van der Waals surface area (Å²) in [6.07, 6.45) is 55.4. The molecule has 362 valence electrons. The van der Waals surface area contributed by atoms with Crippen LogP contribution in [0.4, 0.5) is 0 Å². The molecule has 0 spiro atoms. The van der Waals surface area contributed by atoms with Crippen LogP contribution in [0.3, 0.4) is 0 Å². The molecule has 0 saturated heterocycles. The van der Waals surface area contributed by atoms with Crippen LogP contribution >= 0.6 is 0 Å². The quantitative estimate of drug-likeness (QED) is 0.0344. The highest BCUT2D eigenvalue weighted by molar-refractivity contribution is 5.71. The van der Waals surface area contributed by atoms with Crippen molar-refractivity contribution in [3.8, 4) is 0 Å². The zero-order valence-corrected chi connectivity index (χ0v) is 41.5. The second kappa shape index (κ2) is 51.0. The molecule has 0 aliphatic heterocycles. The zero-order chi connectivity index (χ0) is 44.4. The first-order valence-corrected chi connectivity index (χ1v) is 27.5. The minimum Gasteiger partial charge on any atom is -0.462 e. The number of rotatable bonds is 51. The lowest BCUT2D eigenvalue weighted by Crippen LogP contribution is -2.30. The van der Waals surface area contributed by atoms with Gasteiger partial charge in [0.25, 0.3) is 0 Å². The Balaban J connectivity index is 4.15. The summed E-state index contributed by atoms with van der Waals surface area (Å²) in [6.45, 7) is 6.66. The van der Waals surface area contributed by atoms with Crippen LogP contribution in [0, 0.1) is 0 Å². The molecular formula is C55H106O6. The largest absolute Gasteiger partial charge is 0.462 e. The van der Waals surface area contributed by atoms with Gasteiger partial charge in [0.05, 0.1) is 0 Å². The second-order valence-corrected chi connectivity index (χ2v) is 18.9. The zero-order valence-electron chi connectivity index (χ0n) is 41.5. The fourth-order valence-electron chi connectivity index (χ4n) is 8.45. The fraction of sp³-hybridized carbons (Fsp3) is 0.945. The molecule has 1 atom stereocenters. The van der Waals surface area contributed by atoms with Gasteiger partial charge in [0.1, 0.15) is 13.2 Å². The Morgan fingerprint density at radius 2 is 0.443 bits per heavy atom. The molecule has 0 radical (unpaired) electrons.